The first-order chi connectivity index (χ1) is 8.26. The van der Waals surface area contributed by atoms with Crippen LogP contribution in [0.4, 0.5) is 0 Å². The highest BCUT2D eigenvalue weighted by Crippen LogP contribution is 2.12. The van der Waals surface area contributed by atoms with Gasteiger partial charge in [0.25, 0.3) is 0 Å². The van der Waals surface area contributed by atoms with Crippen LogP contribution in [0.15, 0.2) is 24.3 Å². The number of likely N-dealkylation sites (N-methyl/N-ethyl adjacent to an activating group) is 1. The third kappa shape index (κ3) is 5.91. The molecule has 0 unspecified atom stereocenters. The maximum atomic E-state index is 5.52. The van der Waals surface area contributed by atoms with E-state index in [1.807, 2.05) is 12.1 Å². The van der Waals surface area contributed by atoms with E-state index in [1.54, 1.807) is 7.11 Å². The molecule has 3 nitrogen and oxygen atoms in total. The maximum Gasteiger partial charge on any atom is 0.118 e. The first-order valence-electron chi connectivity index (χ1n) is 5.71. The fourth-order valence-corrected chi connectivity index (χ4v) is 1.61. The van der Waals surface area contributed by atoms with Crippen LogP contribution < -0.4 is 4.74 Å². The Bertz CT molecular complexity index is 303. The van der Waals surface area contributed by atoms with Gasteiger partial charge in [0.2, 0.25) is 0 Å². The highest BCUT2D eigenvalue weighted by molar-refractivity contribution is 6.17. The molecule has 0 saturated heterocycles. The van der Waals surface area contributed by atoms with Gasteiger partial charge in [0, 0.05) is 19.0 Å². The van der Waals surface area contributed by atoms with Gasteiger partial charge < -0.3 is 9.47 Å². The van der Waals surface area contributed by atoms with Crippen LogP contribution in [0.5, 0.6) is 5.75 Å². The van der Waals surface area contributed by atoms with Crippen molar-refractivity contribution in [3.63, 3.8) is 0 Å². The van der Waals surface area contributed by atoms with Gasteiger partial charge in [-0.15, -0.1) is 11.6 Å². The van der Waals surface area contributed by atoms with E-state index >= 15 is 0 Å². The van der Waals surface area contributed by atoms with Gasteiger partial charge in [0.15, 0.2) is 0 Å². The minimum absolute atomic E-state index is 0.558. The summed E-state index contributed by atoms with van der Waals surface area (Å²) >= 11 is 5.52. The monoisotopic (exact) mass is 257 g/mol. The molecule has 0 saturated carbocycles. The summed E-state index contributed by atoms with van der Waals surface area (Å²) in [5, 5.41) is 0. The molecular formula is C13H20ClNO2. The van der Waals surface area contributed by atoms with Gasteiger partial charge in [-0.05, 0) is 24.7 Å². The van der Waals surface area contributed by atoms with Crippen molar-refractivity contribution >= 4 is 11.6 Å². The number of benzene rings is 1. The van der Waals surface area contributed by atoms with Gasteiger partial charge in [0.1, 0.15) is 5.75 Å². The van der Waals surface area contributed by atoms with Crippen molar-refractivity contribution in [2.24, 2.45) is 0 Å². The quantitative estimate of drug-likeness (QED) is 0.527. The predicted octanol–water partition coefficient (Wildman–Crippen LogP) is 2.38. The third-order valence-electron chi connectivity index (χ3n) is 2.45. The zero-order valence-electron chi connectivity index (χ0n) is 10.5. The molecule has 17 heavy (non-hydrogen) atoms. The summed E-state index contributed by atoms with van der Waals surface area (Å²) in [7, 11) is 3.75. The van der Waals surface area contributed by atoms with Crippen LogP contribution in [0.3, 0.4) is 0 Å². The van der Waals surface area contributed by atoms with Crippen molar-refractivity contribution in [2.45, 2.75) is 6.54 Å². The summed E-state index contributed by atoms with van der Waals surface area (Å²) in [6.45, 7) is 3.16. The number of alkyl halides is 1. The number of hydrogen-bond donors (Lipinski definition) is 0. The van der Waals surface area contributed by atoms with E-state index in [0.29, 0.717) is 12.5 Å². The van der Waals surface area contributed by atoms with Crippen molar-refractivity contribution in [2.75, 3.05) is 39.8 Å². The molecule has 4 heteroatoms. The average molecular weight is 258 g/mol. The van der Waals surface area contributed by atoms with Crippen LogP contribution in [-0.4, -0.2) is 44.7 Å². The fraction of sp³-hybridized carbons (Fsp3) is 0.538. The van der Waals surface area contributed by atoms with Crippen LogP contribution in [0, 0.1) is 0 Å². The highest BCUT2D eigenvalue weighted by Gasteiger charge is 2.00. The minimum atomic E-state index is 0.558. The molecule has 0 N–H and O–H groups in total. The number of nitrogens with zero attached hydrogens (tertiary/aromatic N) is 1. The molecule has 0 spiro atoms. The van der Waals surface area contributed by atoms with Crippen LogP contribution in [0.2, 0.25) is 0 Å². The summed E-state index contributed by atoms with van der Waals surface area (Å²) in [4.78, 5) is 2.22. The van der Waals surface area contributed by atoms with Crippen LogP contribution in [0.1, 0.15) is 5.56 Å². The lowest BCUT2D eigenvalue weighted by Crippen LogP contribution is -2.23. The predicted molar refractivity (Wildman–Crippen MR) is 70.9 cm³/mol. The Balaban J connectivity index is 2.26. The molecule has 0 aliphatic rings. The second kappa shape index (κ2) is 8.34. The van der Waals surface area contributed by atoms with E-state index in [0.717, 1.165) is 25.4 Å². The number of hydrogen-bond acceptors (Lipinski definition) is 3. The molecule has 96 valence electrons. The Kier molecular flexibility index (Phi) is 7.01. The molecule has 0 radical (unpaired) electrons. The van der Waals surface area contributed by atoms with Gasteiger partial charge in [-0.2, -0.15) is 0 Å². The Hall–Kier alpha value is -0.770. The third-order valence-corrected chi connectivity index (χ3v) is 2.60. The largest absolute Gasteiger partial charge is 0.497 e. The van der Waals surface area contributed by atoms with Crippen molar-refractivity contribution in [1.82, 2.24) is 4.90 Å². The Labute approximate surface area is 108 Å². The molecular weight excluding hydrogens is 238 g/mol. The summed E-state index contributed by atoms with van der Waals surface area (Å²) in [6, 6.07) is 8.12. The number of methoxy groups -OCH3 is 1. The van der Waals surface area contributed by atoms with E-state index in [2.05, 4.69) is 24.1 Å². The standard InChI is InChI=1S/C13H20ClNO2/c1-15(8-10-17-9-7-14)11-12-3-5-13(16-2)6-4-12/h3-6H,7-11H2,1-2H3. The zero-order valence-corrected chi connectivity index (χ0v) is 11.2. The van der Waals surface area contributed by atoms with Crippen LogP contribution in [-0.2, 0) is 11.3 Å². The summed E-state index contributed by atoms with van der Waals surface area (Å²) < 4.78 is 10.5. The summed E-state index contributed by atoms with van der Waals surface area (Å²) in [6.07, 6.45) is 0. The number of ether oxygens (including phenoxy) is 2. The second-order valence-corrected chi connectivity index (χ2v) is 4.27. The van der Waals surface area contributed by atoms with Gasteiger partial charge in [-0.25, -0.2) is 0 Å². The lowest BCUT2D eigenvalue weighted by molar-refractivity contribution is 0.121. The molecule has 1 aromatic rings. The zero-order chi connectivity index (χ0) is 12.5. The molecule has 0 fully saturated rings. The fourth-order valence-electron chi connectivity index (χ4n) is 1.50. The topological polar surface area (TPSA) is 21.7 Å². The van der Waals surface area contributed by atoms with Gasteiger partial charge >= 0.3 is 0 Å². The Morgan fingerprint density at radius 2 is 1.88 bits per heavy atom. The molecule has 1 aromatic carbocycles. The van der Waals surface area contributed by atoms with E-state index < -0.39 is 0 Å². The van der Waals surface area contributed by atoms with E-state index in [-0.39, 0.29) is 0 Å². The van der Waals surface area contributed by atoms with Crippen LogP contribution in [0.25, 0.3) is 0 Å². The van der Waals surface area contributed by atoms with Crippen molar-refractivity contribution < 1.29 is 9.47 Å². The molecule has 0 atom stereocenters. The van der Waals surface area contributed by atoms with Crippen molar-refractivity contribution in [1.29, 1.82) is 0 Å². The number of rotatable bonds is 8. The Morgan fingerprint density at radius 3 is 2.47 bits per heavy atom. The second-order valence-electron chi connectivity index (χ2n) is 3.89. The molecule has 0 aliphatic carbocycles. The molecule has 0 aliphatic heterocycles. The van der Waals surface area contributed by atoms with E-state index in [1.165, 1.54) is 5.56 Å². The smallest absolute Gasteiger partial charge is 0.118 e. The normalized spacial score (nSPS) is 10.8. The SMILES string of the molecule is COc1ccc(CN(C)CCOCCCl)cc1. The molecule has 0 aromatic heterocycles. The Morgan fingerprint density at radius 1 is 1.18 bits per heavy atom. The van der Waals surface area contributed by atoms with Gasteiger partial charge in [0.05, 0.1) is 20.3 Å². The average Bonchev–Trinajstić information content (AvgIpc) is 2.36. The summed E-state index contributed by atoms with van der Waals surface area (Å²) in [5.41, 5.74) is 1.27. The molecule has 0 heterocycles. The molecule has 1 rings (SSSR count). The maximum absolute atomic E-state index is 5.52. The van der Waals surface area contributed by atoms with E-state index in [9.17, 15) is 0 Å². The van der Waals surface area contributed by atoms with Gasteiger partial charge in [-0.3, -0.25) is 4.90 Å². The number of halogens is 1. The highest BCUT2D eigenvalue weighted by atomic mass is 35.5. The molecule has 0 amide bonds. The van der Waals surface area contributed by atoms with Crippen molar-refractivity contribution in [3.05, 3.63) is 29.8 Å². The molecule has 0 bridgehead atoms. The van der Waals surface area contributed by atoms with Crippen LogP contribution >= 0.6 is 11.6 Å². The minimum Gasteiger partial charge on any atom is -0.497 e. The lowest BCUT2D eigenvalue weighted by Gasteiger charge is -2.16. The lowest BCUT2D eigenvalue weighted by atomic mass is 10.2. The summed E-state index contributed by atoms with van der Waals surface area (Å²) in [5.74, 6) is 1.45. The van der Waals surface area contributed by atoms with Crippen molar-refractivity contribution in [3.8, 4) is 5.75 Å². The first-order valence-corrected chi connectivity index (χ1v) is 6.25. The van der Waals surface area contributed by atoms with E-state index in [4.69, 9.17) is 21.1 Å². The first kappa shape index (κ1) is 14.3. The van der Waals surface area contributed by atoms with Gasteiger partial charge in [-0.1, -0.05) is 12.1 Å².